The van der Waals surface area contributed by atoms with Crippen LogP contribution in [0, 0.1) is 17.6 Å². The first-order chi connectivity index (χ1) is 11.9. The topological polar surface area (TPSA) is 67.4 Å². The number of hydrogen-bond donors (Lipinski definition) is 2. The molecule has 4 atom stereocenters. The third kappa shape index (κ3) is 3.77. The quantitative estimate of drug-likeness (QED) is 0.781. The van der Waals surface area contributed by atoms with Crippen LogP contribution in [0.1, 0.15) is 31.2 Å². The van der Waals surface area contributed by atoms with Gasteiger partial charge in [-0.05, 0) is 36.8 Å². The lowest BCUT2D eigenvalue weighted by molar-refractivity contribution is -0.121. The third-order valence-electron chi connectivity index (χ3n) is 4.84. The molecular formula is C17H19ClF2N2O3. The Morgan fingerprint density at radius 3 is 2.80 bits per heavy atom. The van der Waals surface area contributed by atoms with Crippen LogP contribution >= 0.6 is 11.6 Å². The summed E-state index contributed by atoms with van der Waals surface area (Å²) in [6, 6.07) is 1.40. The molecule has 136 valence electrons. The summed E-state index contributed by atoms with van der Waals surface area (Å²) < 4.78 is 33.6. The van der Waals surface area contributed by atoms with Crippen molar-refractivity contribution in [3.8, 4) is 0 Å². The second kappa shape index (κ2) is 7.25. The van der Waals surface area contributed by atoms with Crippen molar-refractivity contribution >= 4 is 23.4 Å². The smallest absolute Gasteiger partial charge is 0.315 e. The van der Waals surface area contributed by atoms with Gasteiger partial charge in [0, 0.05) is 13.0 Å². The molecule has 0 bridgehead atoms. The molecule has 2 aliphatic heterocycles. The molecule has 2 heterocycles. The number of rotatable bonds is 5. The predicted molar refractivity (Wildman–Crippen MR) is 87.6 cm³/mol. The van der Waals surface area contributed by atoms with Crippen LogP contribution in [0.2, 0.25) is 5.02 Å². The molecule has 5 nitrogen and oxygen atoms in total. The molecule has 2 N–H and O–H groups in total. The molecule has 2 amide bonds. The zero-order chi connectivity index (χ0) is 18.1. The van der Waals surface area contributed by atoms with Crippen LogP contribution < -0.4 is 10.6 Å². The molecule has 0 saturated carbocycles. The number of Topliss-reactive ketones (excluding diaryl/α,β-unsaturated/α-hetero) is 1. The van der Waals surface area contributed by atoms with Gasteiger partial charge in [0.2, 0.25) is 0 Å². The van der Waals surface area contributed by atoms with Gasteiger partial charge in [0.15, 0.2) is 5.78 Å². The zero-order valence-electron chi connectivity index (χ0n) is 13.7. The van der Waals surface area contributed by atoms with Gasteiger partial charge in [-0.1, -0.05) is 17.7 Å². The van der Waals surface area contributed by atoms with E-state index in [1.165, 1.54) is 6.07 Å². The minimum atomic E-state index is -0.840. The number of amides is 2. The zero-order valence-corrected chi connectivity index (χ0v) is 14.4. The molecule has 2 fully saturated rings. The van der Waals surface area contributed by atoms with Gasteiger partial charge in [0.05, 0.1) is 12.7 Å². The molecule has 0 aromatic heterocycles. The highest BCUT2D eigenvalue weighted by molar-refractivity contribution is 6.31. The number of carbonyl (C=O) groups excluding carboxylic acids is 2. The Morgan fingerprint density at radius 1 is 1.44 bits per heavy atom. The van der Waals surface area contributed by atoms with Gasteiger partial charge in [-0.25, -0.2) is 13.6 Å². The highest BCUT2D eigenvalue weighted by Crippen LogP contribution is 2.39. The van der Waals surface area contributed by atoms with Gasteiger partial charge in [-0.15, -0.1) is 0 Å². The summed E-state index contributed by atoms with van der Waals surface area (Å²) in [4.78, 5) is 23.8. The molecule has 2 aliphatic rings. The fourth-order valence-corrected chi connectivity index (χ4v) is 3.67. The largest absolute Gasteiger partial charge is 0.378 e. The van der Waals surface area contributed by atoms with Gasteiger partial charge in [-0.2, -0.15) is 0 Å². The van der Waals surface area contributed by atoms with E-state index in [2.05, 4.69) is 10.6 Å². The maximum atomic E-state index is 14.5. The van der Waals surface area contributed by atoms with Crippen molar-refractivity contribution < 1.29 is 23.1 Å². The minimum Gasteiger partial charge on any atom is -0.378 e. The van der Waals surface area contributed by atoms with E-state index in [1.54, 1.807) is 0 Å². The molecule has 2 saturated heterocycles. The van der Waals surface area contributed by atoms with Crippen molar-refractivity contribution in [3.05, 3.63) is 34.4 Å². The van der Waals surface area contributed by atoms with E-state index in [0.29, 0.717) is 13.0 Å². The first kappa shape index (κ1) is 18.1. The Bertz CT molecular complexity index is 701. The van der Waals surface area contributed by atoms with Gasteiger partial charge in [0.25, 0.3) is 0 Å². The van der Waals surface area contributed by atoms with Crippen LogP contribution in [0.3, 0.4) is 0 Å². The van der Waals surface area contributed by atoms with E-state index in [4.69, 9.17) is 16.3 Å². The van der Waals surface area contributed by atoms with E-state index in [-0.39, 0.29) is 36.3 Å². The van der Waals surface area contributed by atoms with Crippen molar-refractivity contribution in [2.24, 2.45) is 5.92 Å². The Labute approximate surface area is 149 Å². The van der Waals surface area contributed by atoms with Crippen molar-refractivity contribution in [2.75, 3.05) is 13.2 Å². The summed E-state index contributed by atoms with van der Waals surface area (Å²) in [6.07, 6.45) is 0.697. The second-order valence-electron chi connectivity index (χ2n) is 6.59. The number of carbonyl (C=O) groups is 2. The molecule has 8 heteroatoms. The van der Waals surface area contributed by atoms with Gasteiger partial charge >= 0.3 is 6.03 Å². The summed E-state index contributed by atoms with van der Waals surface area (Å²) in [5, 5.41) is 4.49. The Morgan fingerprint density at radius 2 is 2.20 bits per heavy atom. The first-order valence-corrected chi connectivity index (χ1v) is 8.56. The summed E-state index contributed by atoms with van der Waals surface area (Å²) >= 11 is 5.71. The Hall–Kier alpha value is -1.73. The Balaban J connectivity index is 1.86. The molecule has 0 aliphatic carbocycles. The number of hydrogen-bond acceptors (Lipinski definition) is 3. The standard InChI is InChI=1S/C17H19ClF2N2O3/c1-8-4-9(7-25-8)11(5-14(23)13-6-21-17(24)22-13)10-2-3-12(19)15(18)16(10)20/h2-3,8-9,11,13H,4-7H2,1H3,(H2,21,22,24)/t8?,9?,11?,13-/m0/s1. The van der Waals surface area contributed by atoms with Crippen molar-refractivity contribution in [2.45, 2.75) is 37.8 Å². The maximum absolute atomic E-state index is 14.5. The summed E-state index contributed by atoms with van der Waals surface area (Å²) in [5.41, 5.74) is 0.208. The average molecular weight is 373 g/mol. The van der Waals surface area contributed by atoms with Crippen molar-refractivity contribution in [1.29, 1.82) is 0 Å². The third-order valence-corrected chi connectivity index (χ3v) is 5.19. The van der Waals surface area contributed by atoms with E-state index < -0.39 is 34.6 Å². The molecular weight excluding hydrogens is 354 g/mol. The molecule has 25 heavy (non-hydrogen) atoms. The van der Waals surface area contributed by atoms with Crippen LogP contribution in [0.15, 0.2) is 12.1 Å². The van der Waals surface area contributed by atoms with Gasteiger partial charge in [0.1, 0.15) is 22.7 Å². The molecule has 1 aromatic rings. The van der Waals surface area contributed by atoms with Gasteiger partial charge in [-0.3, -0.25) is 4.79 Å². The molecule has 0 radical (unpaired) electrons. The normalized spacial score (nSPS) is 27.0. The van der Waals surface area contributed by atoms with Crippen molar-refractivity contribution in [3.63, 3.8) is 0 Å². The number of nitrogens with one attached hydrogen (secondary N) is 2. The monoisotopic (exact) mass is 372 g/mol. The summed E-state index contributed by atoms with van der Waals surface area (Å²) in [6.45, 7) is 2.51. The molecule has 0 spiro atoms. The predicted octanol–water partition coefficient (Wildman–Crippen LogP) is 2.77. The lowest BCUT2D eigenvalue weighted by Gasteiger charge is -2.24. The summed E-state index contributed by atoms with van der Waals surface area (Å²) in [5.74, 6) is -2.46. The fourth-order valence-electron chi connectivity index (χ4n) is 3.50. The van der Waals surface area contributed by atoms with Crippen molar-refractivity contribution in [1.82, 2.24) is 10.6 Å². The SMILES string of the molecule is CC1CC(C(CC(=O)[C@@H]2CNC(=O)N2)c2ccc(F)c(Cl)c2F)CO1. The van der Waals surface area contributed by atoms with Crippen LogP contribution in [0.25, 0.3) is 0 Å². The minimum absolute atomic E-state index is 0.00873. The lowest BCUT2D eigenvalue weighted by Crippen LogP contribution is -2.36. The number of urea groups is 1. The summed E-state index contributed by atoms with van der Waals surface area (Å²) in [7, 11) is 0. The number of benzene rings is 1. The van der Waals surface area contributed by atoms with Crippen LogP contribution in [-0.2, 0) is 9.53 Å². The van der Waals surface area contributed by atoms with Gasteiger partial charge < -0.3 is 15.4 Å². The number of ketones is 1. The van der Waals surface area contributed by atoms with Crippen LogP contribution in [0.4, 0.5) is 13.6 Å². The molecule has 1 aromatic carbocycles. The fraction of sp³-hybridized carbons (Fsp3) is 0.529. The maximum Gasteiger partial charge on any atom is 0.315 e. The van der Waals surface area contributed by atoms with E-state index in [9.17, 15) is 18.4 Å². The highest BCUT2D eigenvalue weighted by Gasteiger charge is 2.37. The average Bonchev–Trinajstić information content (AvgIpc) is 3.19. The Kier molecular flexibility index (Phi) is 5.24. The highest BCUT2D eigenvalue weighted by atomic mass is 35.5. The van der Waals surface area contributed by atoms with E-state index >= 15 is 0 Å². The second-order valence-corrected chi connectivity index (χ2v) is 6.97. The first-order valence-electron chi connectivity index (χ1n) is 8.19. The molecule has 3 unspecified atom stereocenters. The lowest BCUT2D eigenvalue weighted by atomic mass is 9.80. The van der Waals surface area contributed by atoms with Crippen LogP contribution in [-0.4, -0.2) is 37.1 Å². The molecule has 3 rings (SSSR count). The van der Waals surface area contributed by atoms with Crippen LogP contribution in [0.5, 0.6) is 0 Å². The number of halogens is 3. The number of ether oxygens (including phenoxy) is 1. The van der Waals surface area contributed by atoms with E-state index in [0.717, 1.165) is 6.07 Å². The van der Waals surface area contributed by atoms with E-state index in [1.807, 2.05) is 6.92 Å².